The Bertz CT molecular complexity index is 354. The third-order valence-electron chi connectivity index (χ3n) is 2.96. The standard InChI is InChI=1S/C15H22O/c1-5-6-7-8-14(16)15-12(3)9-11(2)10-13(15)4/h9-10H,5-8H2,1-4H3. The van der Waals surface area contributed by atoms with E-state index in [4.69, 9.17) is 0 Å². The summed E-state index contributed by atoms with van der Waals surface area (Å²) in [6, 6.07) is 4.19. The first kappa shape index (κ1) is 13.0. The molecule has 0 aliphatic heterocycles. The van der Waals surface area contributed by atoms with E-state index >= 15 is 0 Å². The van der Waals surface area contributed by atoms with E-state index in [9.17, 15) is 4.79 Å². The van der Waals surface area contributed by atoms with Gasteiger partial charge in [-0.1, -0.05) is 37.5 Å². The van der Waals surface area contributed by atoms with Crippen molar-refractivity contribution in [2.45, 2.75) is 53.4 Å². The zero-order valence-electron chi connectivity index (χ0n) is 10.9. The number of ketones is 1. The molecule has 1 nitrogen and oxygen atoms in total. The second-order valence-corrected chi connectivity index (χ2v) is 4.65. The predicted octanol–water partition coefficient (Wildman–Crippen LogP) is 4.37. The van der Waals surface area contributed by atoms with Crippen LogP contribution in [-0.4, -0.2) is 5.78 Å². The molecule has 0 saturated carbocycles. The number of benzene rings is 1. The molecule has 0 amide bonds. The predicted molar refractivity (Wildman–Crippen MR) is 69.1 cm³/mol. The number of aryl methyl sites for hydroxylation is 3. The average Bonchev–Trinajstić information content (AvgIpc) is 2.16. The van der Waals surface area contributed by atoms with Gasteiger partial charge in [0.05, 0.1) is 0 Å². The summed E-state index contributed by atoms with van der Waals surface area (Å²) in [7, 11) is 0. The molecule has 0 bridgehead atoms. The van der Waals surface area contributed by atoms with Crippen LogP contribution < -0.4 is 0 Å². The van der Waals surface area contributed by atoms with Crippen molar-refractivity contribution in [3.63, 3.8) is 0 Å². The molecule has 0 radical (unpaired) electrons. The molecular formula is C15H22O. The van der Waals surface area contributed by atoms with Gasteiger partial charge in [-0.2, -0.15) is 0 Å². The van der Waals surface area contributed by atoms with Gasteiger partial charge in [0.2, 0.25) is 0 Å². The first-order valence-electron chi connectivity index (χ1n) is 6.17. The highest BCUT2D eigenvalue weighted by atomic mass is 16.1. The van der Waals surface area contributed by atoms with Crippen molar-refractivity contribution in [1.82, 2.24) is 0 Å². The second-order valence-electron chi connectivity index (χ2n) is 4.65. The first-order chi connectivity index (χ1) is 7.56. The van der Waals surface area contributed by atoms with Gasteiger partial charge >= 0.3 is 0 Å². The largest absolute Gasteiger partial charge is 0.294 e. The number of unbranched alkanes of at least 4 members (excludes halogenated alkanes) is 2. The Kier molecular flexibility index (Phi) is 4.72. The molecule has 0 unspecified atom stereocenters. The molecule has 1 rings (SSSR count). The summed E-state index contributed by atoms with van der Waals surface area (Å²) >= 11 is 0. The van der Waals surface area contributed by atoms with Gasteiger partial charge in [-0.25, -0.2) is 0 Å². The van der Waals surface area contributed by atoms with Crippen LogP contribution in [0, 0.1) is 20.8 Å². The highest BCUT2D eigenvalue weighted by Crippen LogP contribution is 2.19. The molecule has 1 heteroatoms. The molecule has 0 heterocycles. The zero-order valence-corrected chi connectivity index (χ0v) is 10.9. The van der Waals surface area contributed by atoms with Crippen molar-refractivity contribution < 1.29 is 4.79 Å². The summed E-state index contributed by atoms with van der Waals surface area (Å²) in [4.78, 5) is 12.1. The van der Waals surface area contributed by atoms with Gasteiger partial charge in [0, 0.05) is 12.0 Å². The molecule has 0 atom stereocenters. The summed E-state index contributed by atoms with van der Waals surface area (Å²) in [6.45, 7) is 8.30. The Labute approximate surface area is 98.9 Å². The molecule has 0 fully saturated rings. The van der Waals surface area contributed by atoms with E-state index in [0.29, 0.717) is 12.2 Å². The van der Waals surface area contributed by atoms with Crippen LogP contribution >= 0.6 is 0 Å². The molecule has 0 aromatic heterocycles. The van der Waals surface area contributed by atoms with Gasteiger partial charge in [-0.3, -0.25) is 4.79 Å². The molecule has 0 aliphatic rings. The van der Waals surface area contributed by atoms with Crippen molar-refractivity contribution in [2.24, 2.45) is 0 Å². The lowest BCUT2D eigenvalue weighted by molar-refractivity contribution is 0.0978. The molecule has 1 aromatic carbocycles. The van der Waals surface area contributed by atoms with E-state index in [-0.39, 0.29) is 0 Å². The average molecular weight is 218 g/mol. The Morgan fingerprint density at radius 2 is 1.62 bits per heavy atom. The van der Waals surface area contributed by atoms with E-state index in [1.54, 1.807) is 0 Å². The fraction of sp³-hybridized carbons (Fsp3) is 0.533. The number of hydrogen-bond acceptors (Lipinski definition) is 1. The molecular weight excluding hydrogens is 196 g/mol. The van der Waals surface area contributed by atoms with E-state index in [2.05, 4.69) is 26.0 Å². The summed E-state index contributed by atoms with van der Waals surface area (Å²) in [6.07, 6.45) is 4.02. The summed E-state index contributed by atoms with van der Waals surface area (Å²) < 4.78 is 0. The van der Waals surface area contributed by atoms with Crippen LogP contribution in [0.2, 0.25) is 0 Å². The van der Waals surface area contributed by atoms with E-state index < -0.39 is 0 Å². The lowest BCUT2D eigenvalue weighted by Crippen LogP contribution is -2.05. The van der Waals surface area contributed by atoms with Gasteiger partial charge in [0.25, 0.3) is 0 Å². The maximum absolute atomic E-state index is 12.1. The maximum atomic E-state index is 12.1. The zero-order chi connectivity index (χ0) is 12.1. The third kappa shape index (κ3) is 3.19. The van der Waals surface area contributed by atoms with Crippen LogP contribution in [0.4, 0.5) is 0 Å². The Morgan fingerprint density at radius 1 is 1.06 bits per heavy atom. The minimum Gasteiger partial charge on any atom is -0.294 e. The highest BCUT2D eigenvalue weighted by molar-refractivity contribution is 5.98. The minimum atomic E-state index is 0.309. The summed E-state index contributed by atoms with van der Waals surface area (Å²) in [5.41, 5.74) is 4.43. The normalized spacial score (nSPS) is 10.5. The van der Waals surface area contributed by atoms with Crippen molar-refractivity contribution in [2.75, 3.05) is 0 Å². The number of carbonyl (C=O) groups is 1. The maximum Gasteiger partial charge on any atom is 0.163 e. The lowest BCUT2D eigenvalue weighted by atomic mass is 9.94. The topological polar surface area (TPSA) is 17.1 Å². The number of carbonyl (C=O) groups excluding carboxylic acids is 1. The molecule has 0 N–H and O–H groups in total. The van der Waals surface area contributed by atoms with Gasteiger partial charge in [-0.15, -0.1) is 0 Å². The monoisotopic (exact) mass is 218 g/mol. The molecule has 0 aliphatic carbocycles. The van der Waals surface area contributed by atoms with Gasteiger partial charge < -0.3 is 0 Å². The second kappa shape index (κ2) is 5.83. The minimum absolute atomic E-state index is 0.309. The molecule has 16 heavy (non-hydrogen) atoms. The fourth-order valence-corrected chi connectivity index (χ4v) is 2.28. The molecule has 0 spiro atoms. The smallest absolute Gasteiger partial charge is 0.163 e. The van der Waals surface area contributed by atoms with Crippen LogP contribution in [-0.2, 0) is 0 Å². The van der Waals surface area contributed by atoms with Crippen LogP contribution in [0.3, 0.4) is 0 Å². The fourth-order valence-electron chi connectivity index (χ4n) is 2.28. The number of rotatable bonds is 5. The van der Waals surface area contributed by atoms with E-state index in [1.807, 2.05) is 13.8 Å². The van der Waals surface area contributed by atoms with Crippen LogP contribution in [0.1, 0.15) is 59.7 Å². The van der Waals surface area contributed by atoms with Crippen LogP contribution in [0.15, 0.2) is 12.1 Å². The third-order valence-corrected chi connectivity index (χ3v) is 2.96. The summed E-state index contributed by atoms with van der Waals surface area (Å²) in [5.74, 6) is 0.309. The molecule has 1 aromatic rings. The Balaban J connectivity index is 2.83. The van der Waals surface area contributed by atoms with Crippen molar-refractivity contribution >= 4 is 5.78 Å². The SMILES string of the molecule is CCCCCC(=O)c1c(C)cc(C)cc1C. The lowest BCUT2D eigenvalue weighted by Gasteiger charge is -2.10. The van der Waals surface area contributed by atoms with Crippen molar-refractivity contribution in [3.05, 3.63) is 34.4 Å². The Hall–Kier alpha value is -1.11. The van der Waals surface area contributed by atoms with Crippen molar-refractivity contribution in [1.29, 1.82) is 0 Å². The van der Waals surface area contributed by atoms with Gasteiger partial charge in [-0.05, 0) is 38.3 Å². The van der Waals surface area contributed by atoms with E-state index in [1.165, 1.54) is 12.0 Å². The van der Waals surface area contributed by atoms with Crippen LogP contribution in [0.25, 0.3) is 0 Å². The molecule has 88 valence electrons. The van der Waals surface area contributed by atoms with Gasteiger partial charge in [0.15, 0.2) is 5.78 Å². The van der Waals surface area contributed by atoms with E-state index in [0.717, 1.165) is 29.5 Å². The molecule has 0 saturated heterocycles. The van der Waals surface area contributed by atoms with Gasteiger partial charge in [0.1, 0.15) is 0 Å². The highest BCUT2D eigenvalue weighted by Gasteiger charge is 2.11. The number of hydrogen-bond donors (Lipinski definition) is 0. The Morgan fingerprint density at radius 3 is 2.12 bits per heavy atom. The quantitative estimate of drug-likeness (QED) is 0.529. The van der Waals surface area contributed by atoms with Crippen LogP contribution in [0.5, 0.6) is 0 Å². The van der Waals surface area contributed by atoms with Crippen molar-refractivity contribution in [3.8, 4) is 0 Å². The first-order valence-corrected chi connectivity index (χ1v) is 6.17. The number of Topliss-reactive ketones (excluding diaryl/α,β-unsaturated/α-hetero) is 1. The summed E-state index contributed by atoms with van der Waals surface area (Å²) in [5, 5.41) is 0.